The third-order valence-corrected chi connectivity index (χ3v) is 3.61. The molecule has 0 radical (unpaired) electrons. The second-order valence-electron chi connectivity index (χ2n) is 6.21. The maximum atomic E-state index is 11.8. The first kappa shape index (κ1) is 20.7. The summed E-state index contributed by atoms with van der Waals surface area (Å²) in [5, 5.41) is 18.3. The van der Waals surface area contributed by atoms with Crippen molar-refractivity contribution in [3.8, 4) is 0 Å². The predicted octanol–water partition coefficient (Wildman–Crippen LogP) is 1.11. The minimum Gasteiger partial charge on any atom is -0.396 e. The molecule has 1 amide bonds. The molecule has 0 bridgehead atoms. The molecule has 6 heteroatoms. The van der Waals surface area contributed by atoms with Crippen molar-refractivity contribution in [1.82, 2.24) is 16.0 Å². The number of hydrogen-bond donors (Lipinski definition) is 4. The van der Waals surface area contributed by atoms with Crippen LogP contribution in [0.4, 0.5) is 0 Å². The Morgan fingerprint density at radius 1 is 1.23 bits per heavy atom. The number of hydrogen-bond acceptors (Lipinski definition) is 3. The second-order valence-corrected chi connectivity index (χ2v) is 6.21. The van der Waals surface area contributed by atoms with Gasteiger partial charge in [-0.15, -0.1) is 0 Å². The van der Waals surface area contributed by atoms with Gasteiger partial charge in [0.1, 0.15) is 0 Å². The molecule has 0 saturated heterocycles. The van der Waals surface area contributed by atoms with Gasteiger partial charge in [-0.2, -0.15) is 0 Å². The van der Waals surface area contributed by atoms with Crippen LogP contribution in [0.1, 0.15) is 47.0 Å². The first-order chi connectivity index (χ1) is 10.4. The number of guanidine groups is 1. The Labute approximate surface area is 135 Å². The van der Waals surface area contributed by atoms with Gasteiger partial charge in [-0.05, 0) is 39.5 Å². The third-order valence-electron chi connectivity index (χ3n) is 3.61. The van der Waals surface area contributed by atoms with Crippen LogP contribution in [0, 0.1) is 11.3 Å². The predicted molar refractivity (Wildman–Crippen MR) is 91.9 cm³/mol. The molecule has 0 heterocycles. The maximum absolute atomic E-state index is 11.8. The van der Waals surface area contributed by atoms with Gasteiger partial charge in [0.2, 0.25) is 5.91 Å². The van der Waals surface area contributed by atoms with Crippen molar-refractivity contribution >= 4 is 11.9 Å². The second kappa shape index (κ2) is 11.3. The average Bonchev–Trinajstić information content (AvgIpc) is 2.49. The molecule has 22 heavy (non-hydrogen) atoms. The van der Waals surface area contributed by atoms with Crippen molar-refractivity contribution < 1.29 is 9.90 Å². The monoisotopic (exact) mass is 314 g/mol. The number of nitrogens with one attached hydrogen (secondary N) is 3. The van der Waals surface area contributed by atoms with E-state index in [0.29, 0.717) is 12.5 Å². The largest absolute Gasteiger partial charge is 0.396 e. The van der Waals surface area contributed by atoms with Crippen molar-refractivity contribution in [3.63, 3.8) is 0 Å². The molecule has 1 atom stereocenters. The van der Waals surface area contributed by atoms with Crippen LogP contribution in [-0.4, -0.2) is 50.3 Å². The molecular weight excluding hydrogens is 280 g/mol. The highest BCUT2D eigenvalue weighted by molar-refractivity contribution is 5.83. The summed E-state index contributed by atoms with van der Waals surface area (Å²) < 4.78 is 0. The summed E-state index contributed by atoms with van der Waals surface area (Å²) in [6, 6.07) is 0. The summed E-state index contributed by atoms with van der Waals surface area (Å²) in [4.78, 5) is 16.3. The molecule has 0 aromatic carbocycles. The van der Waals surface area contributed by atoms with Gasteiger partial charge >= 0.3 is 0 Å². The van der Waals surface area contributed by atoms with Gasteiger partial charge in [0.15, 0.2) is 5.96 Å². The van der Waals surface area contributed by atoms with Gasteiger partial charge in [0, 0.05) is 26.7 Å². The van der Waals surface area contributed by atoms with Crippen LogP contribution in [0.25, 0.3) is 0 Å². The van der Waals surface area contributed by atoms with Gasteiger partial charge in [0.05, 0.1) is 12.0 Å². The van der Waals surface area contributed by atoms with E-state index in [1.807, 2.05) is 20.8 Å². The number of aliphatic hydroxyl groups excluding tert-OH is 1. The number of nitrogens with zero attached hydrogens (tertiary/aromatic N) is 1. The van der Waals surface area contributed by atoms with E-state index in [-0.39, 0.29) is 12.5 Å². The van der Waals surface area contributed by atoms with Crippen LogP contribution in [0.5, 0.6) is 0 Å². The minimum atomic E-state index is -0.537. The Balaban J connectivity index is 4.63. The van der Waals surface area contributed by atoms with E-state index >= 15 is 0 Å². The summed E-state index contributed by atoms with van der Waals surface area (Å²) in [5.41, 5.74) is -0.537. The highest BCUT2D eigenvalue weighted by atomic mass is 16.3. The SMILES string of the molecule is CCCC(CCO)CNC(=NCC(C)(C)C(=O)NC)NCC. The van der Waals surface area contributed by atoms with Crippen LogP contribution < -0.4 is 16.0 Å². The van der Waals surface area contributed by atoms with E-state index in [4.69, 9.17) is 5.11 Å². The lowest BCUT2D eigenvalue weighted by molar-refractivity contribution is -0.128. The molecule has 4 N–H and O–H groups in total. The summed E-state index contributed by atoms with van der Waals surface area (Å²) >= 11 is 0. The van der Waals surface area contributed by atoms with E-state index in [0.717, 1.165) is 38.3 Å². The standard InChI is InChI=1S/C16H34N4O2/c1-6-8-13(9-10-21)11-19-15(18-7-2)20-12-16(3,4)14(22)17-5/h13,21H,6-12H2,1-5H3,(H,17,22)(H2,18,19,20). The lowest BCUT2D eigenvalue weighted by Gasteiger charge is -2.22. The molecule has 0 rings (SSSR count). The van der Waals surface area contributed by atoms with E-state index < -0.39 is 5.41 Å². The minimum absolute atomic E-state index is 0.0174. The normalized spacial score (nSPS) is 13.6. The summed E-state index contributed by atoms with van der Waals surface area (Å²) in [5.74, 6) is 1.14. The molecule has 130 valence electrons. The molecule has 0 fully saturated rings. The Morgan fingerprint density at radius 3 is 2.41 bits per heavy atom. The first-order valence-electron chi connectivity index (χ1n) is 8.26. The molecule has 1 unspecified atom stereocenters. The highest BCUT2D eigenvalue weighted by Crippen LogP contribution is 2.15. The summed E-state index contributed by atoms with van der Waals surface area (Å²) in [7, 11) is 1.64. The molecule has 0 aliphatic heterocycles. The highest BCUT2D eigenvalue weighted by Gasteiger charge is 2.26. The van der Waals surface area contributed by atoms with Crippen molar-refractivity contribution in [3.05, 3.63) is 0 Å². The number of amides is 1. The molecule has 6 nitrogen and oxygen atoms in total. The summed E-state index contributed by atoms with van der Waals surface area (Å²) in [6.07, 6.45) is 2.98. The zero-order valence-electron chi connectivity index (χ0n) is 14.8. The van der Waals surface area contributed by atoms with Crippen LogP contribution in [0.3, 0.4) is 0 Å². The number of rotatable bonds is 10. The van der Waals surface area contributed by atoms with Crippen molar-refractivity contribution in [2.75, 3.05) is 33.3 Å². The molecule has 0 spiro atoms. The van der Waals surface area contributed by atoms with Crippen molar-refractivity contribution in [2.24, 2.45) is 16.3 Å². The van der Waals surface area contributed by atoms with E-state index in [9.17, 15) is 4.79 Å². The lowest BCUT2D eigenvalue weighted by atomic mass is 9.93. The quantitative estimate of drug-likeness (QED) is 0.359. The summed E-state index contributed by atoms with van der Waals surface area (Å²) in [6.45, 7) is 10.1. The Morgan fingerprint density at radius 2 is 1.91 bits per heavy atom. The number of aliphatic imine (C=N–C) groups is 1. The lowest BCUT2D eigenvalue weighted by Crippen LogP contribution is -2.42. The Hall–Kier alpha value is -1.30. The zero-order valence-corrected chi connectivity index (χ0v) is 14.8. The first-order valence-corrected chi connectivity index (χ1v) is 8.26. The van der Waals surface area contributed by atoms with Crippen LogP contribution in [0.15, 0.2) is 4.99 Å². The fourth-order valence-corrected chi connectivity index (χ4v) is 2.21. The van der Waals surface area contributed by atoms with Gasteiger partial charge in [-0.25, -0.2) is 0 Å². The molecule has 0 aliphatic carbocycles. The average molecular weight is 314 g/mol. The van der Waals surface area contributed by atoms with Crippen molar-refractivity contribution in [1.29, 1.82) is 0 Å². The Bertz CT molecular complexity index is 337. The third kappa shape index (κ3) is 8.22. The van der Waals surface area contributed by atoms with Gasteiger partial charge in [-0.1, -0.05) is 13.3 Å². The van der Waals surface area contributed by atoms with Gasteiger partial charge < -0.3 is 21.1 Å². The van der Waals surface area contributed by atoms with E-state index in [1.165, 1.54) is 0 Å². The molecule has 0 aromatic heterocycles. The van der Waals surface area contributed by atoms with Crippen LogP contribution >= 0.6 is 0 Å². The van der Waals surface area contributed by atoms with Crippen molar-refractivity contribution in [2.45, 2.75) is 47.0 Å². The molecular formula is C16H34N4O2. The van der Waals surface area contributed by atoms with Gasteiger partial charge in [0.25, 0.3) is 0 Å². The smallest absolute Gasteiger partial charge is 0.227 e. The fourth-order valence-electron chi connectivity index (χ4n) is 2.21. The van der Waals surface area contributed by atoms with Crippen LogP contribution in [0.2, 0.25) is 0 Å². The fraction of sp³-hybridized carbons (Fsp3) is 0.875. The number of carbonyl (C=O) groups is 1. The van der Waals surface area contributed by atoms with Gasteiger partial charge in [-0.3, -0.25) is 9.79 Å². The van der Waals surface area contributed by atoms with Crippen LogP contribution in [-0.2, 0) is 4.79 Å². The topological polar surface area (TPSA) is 85.8 Å². The van der Waals surface area contributed by atoms with E-state index in [2.05, 4.69) is 27.9 Å². The number of carbonyl (C=O) groups excluding carboxylic acids is 1. The molecule has 0 aliphatic rings. The van der Waals surface area contributed by atoms with E-state index in [1.54, 1.807) is 7.05 Å². The number of aliphatic hydroxyl groups is 1. The molecule has 0 aromatic rings. The maximum Gasteiger partial charge on any atom is 0.227 e. The zero-order chi connectivity index (χ0) is 17.0. The molecule has 0 saturated carbocycles. The Kier molecular flexibility index (Phi) is 10.6.